The molecule has 0 fully saturated rings. The zero-order chi connectivity index (χ0) is 15.9. The van der Waals surface area contributed by atoms with Crippen molar-refractivity contribution in [2.24, 2.45) is 0 Å². The van der Waals surface area contributed by atoms with Crippen molar-refractivity contribution in [2.45, 2.75) is 11.5 Å². The molecule has 22 heavy (non-hydrogen) atoms. The molecule has 0 amide bonds. The van der Waals surface area contributed by atoms with E-state index in [0.717, 1.165) is 0 Å². The molecule has 3 aromatic rings. The number of hydrogen-bond acceptors (Lipinski definition) is 3. The van der Waals surface area contributed by atoms with Gasteiger partial charge >= 0.3 is 0 Å². The number of aliphatic hydroxyl groups excluding tert-OH is 1. The molecule has 0 spiro atoms. The number of nitrogens with zero attached hydrogens (tertiary/aromatic N) is 1. The molecular formula is C15H11BrClNO3S. The maximum atomic E-state index is 12.9. The highest BCUT2D eigenvalue weighted by Crippen LogP contribution is 2.30. The van der Waals surface area contributed by atoms with Crippen molar-refractivity contribution in [3.8, 4) is 0 Å². The summed E-state index contributed by atoms with van der Waals surface area (Å²) in [4.78, 5) is 0.159. The summed E-state index contributed by atoms with van der Waals surface area (Å²) in [6.45, 7) is -0.269. The Morgan fingerprint density at radius 1 is 1.18 bits per heavy atom. The third-order valence-corrected chi connectivity index (χ3v) is 6.28. The summed E-state index contributed by atoms with van der Waals surface area (Å²) in [5.74, 6) is 0. The van der Waals surface area contributed by atoms with Crippen LogP contribution < -0.4 is 0 Å². The zero-order valence-corrected chi connectivity index (χ0v) is 14.4. The van der Waals surface area contributed by atoms with Gasteiger partial charge in [-0.2, -0.15) is 0 Å². The normalized spacial score (nSPS) is 12.0. The lowest BCUT2D eigenvalue weighted by Crippen LogP contribution is -2.12. The Kier molecular flexibility index (Phi) is 4.03. The number of fused-ring (bicyclic) bond motifs is 1. The molecule has 0 radical (unpaired) electrons. The van der Waals surface area contributed by atoms with Gasteiger partial charge in [0.15, 0.2) is 0 Å². The minimum Gasteiger partial charge on any atom is -0.392 e. The molecule has 1 heterocycles. The number of benzene rings is 2. The highest BCUT2D eigenvalue weighted by molar-refractivity contribution is 9.10. The molecule has 0 atom stereocenters. The van der Waals surface area contributed by atoms with Crippen LogP contribution >= 0.6 is 27.5 Å². The first kappa shape index (κ1) is 15.6. The second kappa shape index (κ2) is 5.70. The molecule has 0 unspecified atom stereocenters. The van der Waals surface area contributed by atoms with E-state index in [-0.39, 0.29) is 11.5 Å². The first-order valence-corrected chi connectivity index (χ1v) is 8.96. The van der Waals surface area contributed by atoms with Gasteiger partial charge in [-0.3, -0.25) is 0 Å². The van der Waals surface area contributed by atoms with Gasteiger partial charge in [-0.1, -0.05) is 23.7 Å². The van der Waals surface area contributed by atoms with Crippen LogP contribution in [0.15, 0.2) is 58.0 Å². The van der Waals surface area contributed by atoms with E-state index in [2.05, 4.69) is 15.9 Å². The van der Waals surface area contributed by atoms with E-state index in [1.54, 1.807) is 36.4 Å². The van der Waals surface area contributed by atoms with Crippen LogP contribution in [0.2, 0.25) is 5.02 Å². The largest absolute Gasteiger partial charge is 0.392 e. The molecule has 3 rings (SSSR count). The molecule has 0 saturated heterocycles. The Balaban J connectivity index is 2.33. The van der Waals surface area contributed by atoms with Crippen molar-refractivity contribution in [3.05, 3.63) is 63.7 Å². The highest BCUT2D eigenvalue weighted by atomic mass is 79.9. The van der Waals surface area contributed by atoms with Crippen molar-refractivity contribution < 1.29 is 13.5 Å². The Morgan fingerprint density at radius 2 is 1.91 bits per heavy atom. The van der Waals surface area contributed by atoms with E-state index in [1.165, 1.54) is 16.2 Å². The van der Waals surface area contributed by atoms with Gasteiger partial charge in [0.2, 0.25) is 0 Å². The van der Waals surface area contributed by atoms with Gasteiger partial charge < -0.3 is 5.11 Å². The zero-order valence-electron chi connectivity index (χ0n) is 11.2. The fourth-order valence-corrected chi connectivity index (χ4v) is 4.85. The van der Waals surface area contributed by atoms with E-state index in [4.69, 9.17) is 11.6 Å². The van der Waals surface area contributed by atoms with Crippen LogP contribution in [-0.2, 0) is 16.6 Å². The van der Waals surface area contributed by atoms with Gasteiger partial charge in [0.1, 0.15) is 4.90 Å². The molecule has 4 nitrogen and oxygen atoms in total. The Morgan fingerprint density at radius 3 is 2.59 bits per heavy atom. The monoisotopic (exact) mass is 399 g/mol. The van der Waals surface area contributed by atoms with E-state index < -0.39 is 10.0 Å². The molecule has 0 bridgehead atoms. The molecule has 2 aromatic carbocycles. The number of rotatable bonds is 3. The average Bonchev–Trinajstić information content (AvgIpc) is 2.86. The molecule has 0 aliphatic rings. The second-order valence-electron chi connectivity index (χ2n) is 4.71. The number of aromatic nitrogens is 1. The van der Waals surface area contributed by atoms with E-state index in [1.807, 2.05) is 0 Å². The molecular weight excluding hydrogens is 390 g/mol. The van der Waals surface area contributed by atoms with E-state index >= 15 is 0 Å². The van der Waals surface area contributed by atoms with Crippen molar-refractivity contribution >= 4 is 48.5 Å². The van der Waals surface area contributed by atoms with Crippen LogP contribution in [0.3, 0.4) is 0 Å². The smallest absolute Gasteiger partial charge is 0.269 e. The predicted molar refractivity (Wildman–Crippen MR) is 89.6 cm³/mol. The summed E-state index contributed by atoms with van der Waals surface area (Å²) in [6.07, 6.45) is 1.43. The van der Waals surface area contributed by atoms with Crippen molar-refractivity contribution in [1.82, 2.24) is 3.97 Å². The molecule has 7 heteroatoms. The second-order valence-corrected chi connectivity index (χ2v) is 7.78. The topological polar surface area (TPSA) is 59.3 Å². The fraction of sp³-hybridized carbons (Fsp3) is 0.0667. The van der Waals surface area contributed by atoms with Crippen LogP contribution in [0.4, 0.5) is 0 Å². The van der Waals surface area contributed by atoms with Gasteiger partial charge in [-0.25, -0.2) is 12.4 Å². The third kappa shape index (κ3) is 2.46. The first-order chi connectivity index (χ1) is 10.4. The minimum absolute atomic E-state index is 0.159. The summed E-state index contributed by atoms with van der Waals surface area (Å²) in [5.41, 5.74) is 0.984. The van der Waals surface area contributed by atoms with E-state index in [0.29, 0.717) is 26.0 Å². The lowest BCUT2D eigenvalue weighted by molar-refractivity contribution is 0.283. The van der Waals surface area contributed by atoms with E-state index in [9.17, 15) is 13.5 Å². The molecule has 1 aromatic heterocycles. The Hall–Kier alpha value is -1.34. The summed E-state index contributed by atoms with van der Waals surface area (Å²) in [5, 5.41) is 10.6. The van der Waals surface area contributed by atoms with Gasteiger partial charge in [-0.15, -0.1) is 0 Å². The SMILES string of the molecule is O=S(=O)(c1ccccc1Br)n1cc(CO)c2cc(Cl)ccc21. The standard InChI is InChI=1S/C15H11BrClNO3S/c16-13-3-1-2-4-15(13)22(20,21)18-8-10(9-19)12-7-11(17)5-6-14(12)18/h1-8,19H,9H2. The van der Waals surface area contributed by atoms with Crippen LogP contribution in [0.1, 0.15) is 5.56 Å². The van der Waals surface area contributed by atoms with Crippen LogP contribution in [0.5, 0.6) is 0 Å². The average molecular weight is 401 g/mol. The summed E-state index contributed by atoms with van der Waals surface area (Å²) < 4.78 is 27.5. The maximum absolute atomic E-state index is 12.9. The number of aliphatic hydroxyl groups is 1. The quantitative estimate of drug-likeness (QED) is 0.728. The lowest BCUT2D eigenvalue weighted by Gasteiger charge is -2.09. The van der Waals surface area contributed by atoms with Crippen LogP contribution in [-0.4, -0.2) is 17.5 Å². The third-order valence-electron chi connectivity index (χ3n) is 3.36. The summed E-state index contributed by atoms with van der Waals surface area (Å²) in [6, 6.07) is 11.5. The summed E-state index contributed by atoms with van der Waals surface area (Å²) in [7, 11) is -3.78. The lowest BCUT2D eigenvalue weighted by atomic mass is 10.2. The maximum Gasteiger partial charge on any atom is 0.269 e. The van der Waals surface area contributed by atoms with Crippen LogP contribution in [0.25, 0.3) is 10.9 Å². The minimum atomic E-state index is -3.78. The van der Waals surface area contributed by atoms with Gasteiger partial charge in [0, 0.05) is 26.6 Å². The fourth-order valence-electron chi connectivity index (χ4n) is 2.32. The van der Waals surface area contributed by atoms with Gasteiger partial charge in [-0.05, 0) is 46.3 Å². The molecule has 1 N–H and O–H groups in total. The molecule has 0 aliphatic carbocycles. The molecule has 0 aliphatic heterocycles. The Bertz CT molecular complexity index is 966. The first-order valence-electron chi connectivity index (χ1n) is 6.35. The Labute approximate surface area is 141 Å². The number of hydrogen-bond donors (Lipinski definition) is 1. The molecule has 114 valence electrons. The predicted octanol–water partition coefficient (Wildman–Crippen LogP) is 3.79. The highest BCUT2D eigenvalue weighted by Gasteiger charge is 2.23. The summed E-state index contributed by atoms with van der Waals surface area (Å²) >= 11 is 9.23. The van der Waals surface area contributed by atoms with Crippen molar-refractivity contribution in [2.75, 3.05) is 0 Å². The van der Waals surface area contributed by atoms with Crippen molar-refractivity contribution in [1.29, 1.82) is 0 Å². The van der Waals surface area contributed by atoms with Gasteiger partial charge in [0.05, 0.1) is 12.1 Å². The van der Waals surface area contributed by atoms with Crippen molar-refractivity contribution in [3.63, 3.8) is 0 Å². The van der Waals surface area contributed by atoms with Crippen LogP contribution in [0, 0.1) is 0 Å². The van der Waals surface area contributed by atoms with Gasteiger partial charge in [0.25, 0.3) is 10.0 Å². The number of halogens is 2. The molecule has 0 saturated carbocycles.